The quantitative estimate of drug-likeness (QED) is 0.272. The lowest BCUT2D eigenvalue weighted by Crippen LogP contribution is -2.10. The average Bonchev–Trinajstić information content (AvgIpc) is 3.27. The van der Waals surface area contributed by atoms with Crippen LogP contribution in [0.25, 0.3) is 5.57 Å². The number of aryl methyl sites for hydroxylation is 3. The molecule has 0 radical (unpaired) electrons. The lowest BCUT2D eigenvalue weighted by molar-refractivity contribution is 1.25. The maximum absolute atomic E-state index is 3.56. The standard InChI is InChI=1S/C33H32N2S/c1-23-10-7-13-27(20-23)35(28-14-8-11-24(2)21-28)29-18-19-30(26(4)22-29)25(3)12-9-17-33-34-31-15-5-6-16-32(31)36-33/h5-22,33-34H,1-4H3. The SMILES string of the molecule is CC(=CC=CC1Nc2ccccc2S1)c1ccc(N(c2cccc(C)c2)c2cccc(C)c2)cc1C. The molecule has 0 aromatic heterocycles. The van der Waals surface area contributed by atoms with Crippen molar-refractivity contribution in [1.82, 2.24) is 0 Å². The van der Waals surface area contributed by atoms with Gasteiger partial charge in [0.2, 0.25) is 0 Å². The summed E-state index contributed by atoms with van der Waals surface area (Å²) in [6.45, 7) is 8.68. The van der Waals surface area contributed by atoms with Crippen LogP contribution >= 0.6 is 11.8 Å². The molecule has 1 aliphatic rings. The summed E-state index contributed by atoms with van der Waals surface area (Å²) >= 11 is 1.86. The van der Waals surface area contributed by atoms with E-state index in [-0.39, 0.29) is 5.37 Å². The number of fused-ring (bicyclic) bond motifs is 1. The number of anilines is 4. The number of nitrogens with one attached hydrogen (secondary N) is 1. The van der Waals surface area contributed by atoms with Gasteiger partial charge in [-0.1, -0.05) is 72.5 Å². The minimum Gasteiger partial charge on any atom is -0.369 e. The summed E-state index contributed by atoms with van der Waals surface area (Å²) in [6, 6.07) is 32.7. The zero-order chi connectivity index (χ0) is 25.1. The Bertz CT molecular complexity index is 1380. The van der Waals surface area contributed by atoms with Gasteiger partial charge in [-0.05, 0) is 104 Å². The lowest BCUT2D eigenvalue weighted by Gasteiger charge is -2.27. The fourth-order valence-corrected chi connectivity index (χ4v) is 5.74. The van der Waals surface area contributed by atoms with E-state index in [0.717, 1.165) is 0 Å². The molecule has 4 aromatic carbocycles. The van der Waals surface area contributed by atoms with Gasteiger partial charge in [0.05, 0.1) is 5.37 Å². The first kappa shape index (κ1) is 24.0. The lowest BCUT2D eigenvalue weighted by atomic mass is 10.00. The van der Waals surface area contributed by atoms with Crippen molar-refractivity contribution in [3.8, 4) is 0 Å². The van der Waals surface area contributed by atoms with Crippen LogP contribution in [0.3, 0.4) is 0 Å². The van der Waals surface area contributed by atoms with E-state index in [0.29, 0.717) is 0 Å². The number of nitrogens with zero attached hydrogens (tertiary/aromatic N) is 1. The van der Waals surface area contributed by atoms with E-state index in [1.165, 1.54) is 55.5 Å². The van der Waals surface area contributed by atoms with Crippen LogP contribution in [0.4, 0.5) is 22.7 Å². The van der Waals surface area contributed by atoms with Crippen molar-refractivity contribution in [2.45, 2.75) is 38.0 Å². The van der Waals surface area contributed by atoms with Gasteiger partial charge in [0.1, 0.15) is 0 Å². The van der Waals surface area contributed by atoms with Crippen molar-refractivity contribution in [2.75, 3.05) is 10.2 Å². The van der Waals surface area contributed by atoms with Gasteiger partial charge in [-0.15, -0.1) is 0 Å². The second-order valence-corrected chi connectivity index (χ2v) is 10.6. The van der Waals surface area contributed by atoms with E-state index in [4.69, 9.17) is 0 Å². The molecule has 1 N–H and O–H groups in total. The highest BCUT2D eigenvalue weighted by Gasteiger charge is 2.18. The van der Waals surface area contributed by atoms with E-state index in [9.17, 15) is 0 Å². The monoisotopic (exact) mass is 488 g/mol. The molecule has 0 amide bonds. The van der Waals surface area contributed by atoms with E-state index in [2.05, 4.69) is 147 Å². The Labute approximate surface area is 219 Å². The molecule has 36 heavy (non-hydrogen) atoms. The van der Waals surface area contributed by atoms with E-state index in [1.54, 1.807) is 0 Å². The fraction of sp³-hybridized carbons (Fsp3) is 0.152. The van der Waals surface area contributed by atoms with Crippen molar-refractivity contribution >= 4 is 40.1 Å². The van der Waals surface area contributed by atoms with Crippen LogP contribution in [0.2, 0.25) is 0 Å². The Balaban J connectivity index is 1.40. The minimum atomic E-state index is 0.270. The first-order valence-corrected chi connectivity index (χ1v) is 13.3. The number of hydrogen-bond donors (Lipinski definition) is 1. The number of hydrogen-bond acceptors (Lipinski definition) is 3. The normalized spacial score (nSPS) is 15.1. The first-order chi connectivity index (χ1) is 17.5. The van der Waals surface area contributed by atoms with Crippen molar-refractivity contribution in [3.05, 3.63) is 131 Å². The summed E-state index contributed by atoms with van der Waals surface area (Å²) in [5.41, 5.74) is 11.0. The predicted molar refractivity (Wildman–Crippen MR) is 158 cm³/mol. The molecule has 0 spiro atoms. The van der Waals surface area contributed by atoms with Crippen LogP contribution in [0, 0.1) is 20.8 Å². The van der Waals surface area contributed by atoms with Crippen molar-refractivity contribution in [3.63, 3.8) is 0 Å². The average molecular weight is 489 g/mol. The largest absolute Gasteiger partial charge is 0.369 e. The molecule has 0 saturated carbocycles. The van der Waals surface area contributed by atoms with Gasteiger partial charge in [-0.25, -0.2) is 0 Å². The third kappa shape index (κ3) is 5.27. The number of allylic oxidation sites excluding steroid dienone is 3. The molecule has 3 heteroatoms. The maximum Gasteiger partial charge on any atom is 0.0960 e. The maximum atomic E-state index is 3.56. The number of para-hydroxylation sites is 1. The summed E-state index contributed by atoms with van der Waals surface area (Å²) in [5, 5.41) is 3.83. The minimum absolute atomic E-state index is 0.270. The van der Waals surface area contributed by atoms with Gasteiger partial charge in [-0.3, -0.25) is 0 Å². The van der Waals surface area contributed by atoms with Crippen LogP contribution in [-0.4, -0.2) is 5.37 Å². The van der Waals surface area contributed by atoms with Crippen LogP contribution in [0.15, 0.2) is 114 Å². The molecule has 1 atom stereocenters. The van der Waals surface area contributed by atoms with Crippen LogP contribution in [-0.2, 0) is 0 Å². The molecule has 0 saturated heterocycles. The summed E-state index contributed by atoms with van der Waals surface area (Å²) in [7, 11) is 0. The van der Waals surface area contributed by atoms with E-state index >= 15 is 0 Å². The molecule has 1 aliphatic heterocycles. The molecule has 0 bridgehead atoms. The molecule has 0 aliphatic carbocycles. The molecule has 1 heterocycles. The molecule has 5 rings (SSSR count). The van der Waals surface area contributed by atoms with Gasteiger partial charge in [0.15, 0.2) is 0 Å². The number of benzene rings is 4. The topological polar surface area (TPSA) is 15.3 Å². The van der Waals surface area contributed by atoms with E-state index < -0.39 is 0 Å². The van der Waals surface area contributed by atoms with Crippen molar-refractivity contribution in [1.29, 1.82) is 0 Å². The highest BCUT2D eigenvalue weighted by atomic mass is 32.2. The Morgan fingerprint density at radius 2 is 1.44 bits per heavy atom. The fourth-order valence-electron chi connectivity index (χ4n) is 4.70. The number of rotatable bonds is 6. The Kier molecular flexibility index (Phi) is 7.02. The summed E-state index contributed by atoms with van der Waals surface area (Å²) in [6.07, 6.45) is 6.62. The molecular formula is C33H32N2S. The molecule has 2 nitrogen and oxygen atoms in total. The summed E-state index contributed by atoms with van der Waals surface area (Å²) < 4.78 is 0. The van der Waals surface area contributed by atoms with Crippen LogP contribution < -0.4 is 10.2 Å². The van der Waals surface area contributed by atoms with Gasteiger partial charge < -0.3 is 10.2 Å². The van der Waals surface area contributed by atoms with E-state index in [1.807, 2.05) is 11.8 Å². The van der Waals surface area contributed by atoms with Crippen LogP contribution in [0.1, 0.15) is 29.2 Å². The highest BCUT2D eigenvalue weighted by Crippen LogP contribution is 2.39. The highest BCUT2D eigenvalue weighted by molar-refractivity contribution is 8.00. The molecule has 0 fully saturated rings. The third-order valence-corrected chi connectivity index (χ3v) is 7.62. The van der Waals surface area contributed by atoms with Gasteiger partial charge in [0.25, 0.3) is 0 Å². The predicted octanol–water partition coefficient (Wildman–Crippen LogP) is 9.59. The van der Waals surface area contributed by atoms with Gasteiger partial charge >= 0.3 is 0 Å². The second kappa shape index (κ2) is 10.5. The zero-order valence-corrected chi connectivity index (χ0v) is 22.1. The first-order valence-electron chi connectivity index (χ1n) is 12.4. The van der Waals surface area contributed by atoms with Crippen molar-refractivity contribution < 1.29 is 0 Å². The van der Waals surface area contributed by atoms with Crippen molar-refractivity contribution in [2.24, 2.45) is 0 Å². The van der Waals surface area contributed by atoms with Crippen LogP contribution in [0.5, 0.6) is 0 Å². The summed E-state index contributed by atoms with van der Waals surface area (Å²) in [5.74, 6) is 0. The Morgan fingerprint density at radius 3 is 2.08 bits per heavy atom. The smallest absolute Gasteiger partial charge is 0.0960 e. The molecule has 1 unspecified atom stereocenters. The molecule has 180 valence electrons. The zero-order valence-electron chi connectivity index (χ0n) is 21.3. The molecular weight excluding hydrogens is 456 g/mol. The Hall–Kier alpha value is -3.69. The van der Waals surface area contributed by atoms with Gasteiger partial charge in [0, 0.05) is 27.6 Å². The number of thioether (sulfide) groups is 1. The third-order valence-electron chi connectivity index (χ3n) is 6.48. The Morgan fingerprint density at radius 1 is 0.778 bits per heavy atom. The second-order valence-electron chi connectivity index (χ2n) is 9.43. The summed E-state index contributed by atoms with van der Waals surface area (Å²) in [4.78, 5) is 3.65. The molecule has 4 aromatic rings. The van der Waals surface area contributed by atoms with Gasteiger partial charge in [-0.2, -0.15) is 0 Å².